The molecule has 7 heteroatoms. The van der Waals surface area contributed by atoms with Crippen LogP contribution in [-0.2, 0) is 9.59 Å². The van der Waals surface area contributed by atoms with Gasteiger partial charge in [-0.1, -0.05) is 19.9 Å². The molecule has 2 atom stereocenters. The van der Waals surface area contributed by atoms with Gasteiger partial charge in [0.25, 0.3) is 11.8 Å². The topological polar surface area (TPSA) is 59.1 Å². The second kappa shape index (κ2) is 8.14. The summed E-state index contributed by atoms with van der Waals surface area (Å²) in [5, 5.41) is 1.92. The Labute approximate surface area is 180 Å². The molecule has 0 radical (unpaired) electrons. The lowest BCUT2D eigenvalue weighted by atomic mass is 9.91. The highest BCUT2D eigenvalue weighted by molar-refractivity contribution is 7.11. The lowest BCUT2D eigenvalue weighted by Gasteiger charge is -2.37. The van der Waals surface area contributed by atoms with Crippen LogP contribution in [0.2, 0.25) is 0 Å². The lowest BCUT2D eigenvalue weighted by molar-refractivity contribution is -0.120. The second-order valence-corrected chi connectivity index (χ2v) is 8.98. The van der Waals surface area contributed by atoms with Crippen molar-refractivity contribution in [2.24, 2.45) is 11.8 Å². The normalized spacial score (nSPS) is 22.1. The first-order valence-corrected chi connectivity index (χ1v) is 11.0. The van der Waals surface area contributed by atoms with E-state index in [9.17, 15) is 9.59 Å². The Balaban J connectivity index is 1.84. The van der Waals surface area contributed by atoms with Gasteiger partial charge in [-0.2, -0.15) is 0 Å². The summed E-state index contributed by atoms with van der Waals surface area (Å²) in [6, 6.07) is 8.93. The van der Waals surface area contributed by atoms with Crippen LogP contribution in [0.3, 0.4) is 0 Å². The van der Waals surface area contributed by atoms with E-state index in [4.69, 9.17) is 9.47 Å². The molecule has 30 heavy (non-hydrogen) atoms. The Morgan fingerprint density at radius 3 is 2.33 bits per heavy atom. The monoisotopic (exact) mass is 426 g/mol. The summed E-state index contributed by atoms with van der Waals surface area (Å²) in [7, 11) is 3.08. The first kappa shape index (κ1) is 20.5. The summed E-state index contributed by atoms with van der Waals surface area (Å²) in [4.78, 5) is 31.5. The zero-order valence-corrected chi connectivity index (χ0v) is 18.5. The molecule has 0 aliphatic carbocycles. The van der Waals surface area contributed by atoms with Crippen LogP contribution in [0.15, 0.2) is 41.4 Å². The lowest BCUT2D eigenvalue weighted by Crippen LogP contribution is -2.42. The van der Waals surface area contributed by atoms with Crippen LogP contribution in [0.25, 0.3) is 5.57 Å². The fourth-order valence-electron chi connectivity index (χ4n) is 4.49. The maximum Gasteiger partial charge on any atom is 0.282 e. The van der Waals surface area contributed by atoms with E-state index in [1.165, 1.54) is 23.3 Å². The number of likely N-dealkylation sites (tertiary alicyclic amines) is 1. The van der Waals surface area contributed by atoms with Crippen LogP contribution < -0.4 is 14.4 Å². The van der Waals surface area contributed by atoms with E-state index in [1.807, 2.05) is 17.5 Å². The molecule has 2 aliphatic rings. The minimum atomic E-state index is -0.324. The van der Waals surface area contributed by atoms with Gasteiger partial charge < -0.3 is 14.4 Å². The van der Waals surface area contributed by atoms with E-state index in [2.05, 4.69) is 18.7 Å². The van der Waals surface area contributed by atoms with Crippen molar-refractivity contribution in [3.8, 4) is 11.5 Å². The van der Waals surface area contributed by atoms with Crippen LogP contribution >= 0.6 is 11.3 Å². The van der Waals surface area contributed by atoms with E-state index < -0.39 is 0 Å². The maximum absolute atomic E-state index is 13.7. The van der Waals surface area contributed by atoms with Crippen molar-refractivity contribution in [3.63, 3.8) is 0 Å². The van der Waals surface area contributed by atoms with Crippen LogP contribution in [0.5, 0.6) is 11.5 Å². The smallest absolute Gasteiger partial charge is 0.282 e. The number of carbonyl (C=O) groups is 2. The van der Waals surface area contributed by atoms with E-state index >= 15 is 0 Å². The molecule has 0 bridgehead atoms. The molecule has 6 nitrogen and oxygen atoms in total. The first-order chi connectivity index (χ1) is 14.4. The summed E-state index contributed by atoms with van der Waals surface area (Å²) < 4.78 is 10.8. The number of amides is 2. The molecule has 1 aromatic carbocycles. The van der Waals surface area contributed by atoms with E-state index in [0.29, 0.717) is 40.3 Å². The number of rotatable bonds is 5. The number of thiophene rings is 1. The molecule has 2 unspecified atom stereocenters. The molecule has 0 spiro atoms. The summed E-state index contributed by atoms with van der Waals surface area (Å²) in [6.07, 6.45) is 1.12. The molecule has 2 aromatic rings. The summed E-state index contributed by atoms with van der Waals surface area (Å²) in [6.45, 7) is 5.91. The number of carbonyl (C=O) groups excluding carboxylic acids is 2. The number of piperidine rings is 1. The van der Waals surface area contributed by atoms with Gasteiger partial charge >= 0.3 is 0 Å². The Morgan fingerprint density at radius 1 is 1.00 bits per heavy atom. The number of nitrogens with zero attached hydrogens (tertiary/aromatic N) is 2. The van der Waals surface area contributed by atoms with Crippen LogP contribution in [0.1, 0.15) is 25.1 Å². The van der Waals surface area contributed by atoms with Crippen LogP contribution in [0.4, 0.5) is 5.69 Å². The molecule has 1 aromatic heterocycles. The molecule has 0 saturated carbocycles. The van der Waals surface area contributed by atoms with Crippen molar-refractivity contribution in [1.82, 2.24) is 4.90 Å². The highest BCUT2D eigenvalue weighted by Crippen LogP contribution is 2.42. The largest absolute Gasteiger partial charge is 0.497 e. The van der Waals surface area contributed by atoms with Gasteiger partial charge in [-0.15, -0.1) is 11.3 Å². The van der Waals surface area contributed by atoms with Gasteiger partial charge in [0.2, 0.25) is 0 Å². The second-order valence-electron chi connectivity index (χ2n) is 8.04. The number of hydrogen-bond acceptors (Lipinski definition) is 6. The molecule has 4 rings (SSSR count). The summed E-state index contributed by atoms with van der Waals surface area (Å²) in [5.41, 5.74) is 1.36. The molecule has 2 amide bonds. The Kier molecular flexibility index (Phi) is 5.56. The Hall–Kier alpha value is -2.80. The number of imide groups is 1. The Morgan fingerprint density at radius 2 is 1.73 bits per heavy atom. The number of methoxy groups -OCH3 is 2. The number of ether oxygens (including phenoxy) is 2. The average Bonchev–Trinajstić information content (AvgIpc) is 3.32. The number of anilines is 1. The van der Waals surface area contributed by atoms with Gasteiger partial charge in [-0.05, 0) is 41.8 Å². The van der Waals surface area contributed by atoms with Gasteiger partial charge in [-0.25, -0.2) is 4.90 Å². The SMILES string of the molecule is COc1ccc(OC)c(N2C(=O)C(c3cccs3)=C(N3CC(C)CC(C)C3)C2=O)c1. The molecule has 1 fully saturated rings. The predicted molar refractivity (Wildman–Crippen MR) is 118 cm³/mol. The van der Waals surface area contributed by atoms with Crippen molar-refractivity contribution in [3.05, 3.63) is 46.3 Å². The third-order valence-electron chi connectivity index (χ3n) is 5.64. The zero-order chi connectivity index (χ0) is 21.4. The van der Waals surface area contributed by atoms with E-state index in [-0.39, 0.29) is 11.8 Å². The first-order valence-electron chi connectivity index (χ1n) is 10.1. The standard InChI is InChI=1S/C23H26N2O4S/c1-14-10-15(2)13-24(12-14)21-20(19-6-5-9-30-19)22(26)25(23(21)27)17-11-16(28-3)7-8-18(17)29-4/h5-9,11,14-15H,10,12-13H2,1-4H3. The van der Waals surface area contributed by atoms with Gasteiger partial charge in [0.05, 0.1) is 25.5 Å². The molecule has 1 saturated heterocycles. The predicted octanol–water partition coefficient (Wildman–Crippen LogP) is 4.03. The zero-order valence-electron chi connectivity index (χ0n) is 17.7. The third-order valence-corrected chi connectivity index (χ3v) is 6.53. The molecule has 2 aliphatic heterocycles. The molecular formula is C23H26N2O4S. The van der Waals surface area contributed by atoms with Gasteiger partial charge in [0.1, 0.15) is 17.2 Å². The molecular weight excluding hydrogens is 400 g/mol. The van der Waals surface area contributed by atoms with Gasteiger partial charge in [0.15, 0.2) is 0 Å². The molecule has 0 N–H and O–H groups in total. The van der Waals surface area contributed by atoms with Gasteiger partial charge in [-0.3, -0.25) is 9.59 Å². The third kappa shape index (κ3) is 3.47. The fourth-order valence-corrected chi connectivity index (χ4v) is 5.25. The van der Waals surface area contributed by atoms with Crippen molar-refractivity contribution < 1.29 is 19.1 Å². The average molecular weight is 427 g/mol. The van der Waals surface area contributed by atoms with E-state index in [1.54, 1.807) is 25.3 Å². The molecule has 3 heterocycles. The molecule has 158 valence electrons. The van der Waals surface area contributed by atoms with E-state index in [0.717, 1.165) is 24.4 Å². The summed E-state index contributed by atoms with van der Waals surface area (Å²) in [5.74, 6) is 1.27. The highest BCUT2D eigenvalue weighted by Gasteiger charge is 2.45. The number of hydrogen-bond donors (Lipinski definition) is 0. The van der Waals surface area contributed by atoms with Gasteiger partial charge in [0, 0.05) is 24.0 Å². The highest BCUT2D eigenvalue weighted by atomic mass is 32.1. The van der Waals surface area contributed by atoms with Crippen LogP contribution in [0, 0.1) is 11.8 Å². The summed E-state index contributed by atoms with van der Waals surface area (Å²) >= 11 is 1.47. The van der Waals surface area contributed by atoms with Crippen molar-refractivity contribution in [1.29, 1.82) is 0 Å². The fraction of sp³-hybridized carbons (Fsp3) is 0.391. The van der Waals surface area contributed by atoms with Crippen LogP contribution in [-0.4, -0.2) is 44.0 Å². The van der Waals surface area contributed by atoms with Crippen molar-refractivity contribution in [2.75, 3.05) is 32.2 Å². The minimum Gasteiger partial charge on any atom is -0.497 e. The van der Waals surface area contributed by atoms with Crippen molar-refractivity contribution in [2.45, 2.75) is 20.3 Å². The minimum absolute atomic E-state index is 0.309. The van der Waals surface area contributed by atoms with Crippen molar-refractivity contribution >= 4 is 34.4 Å². The Bertz CT molecular complexity index is 989. The quantitative estimate of drug-likeness (QED) is 0.676. The maximum atomic E-state index is 13.7. The number of benzene rings is 1.